The molecular weight excluding hydrogens is 417 g/mol. The number of nitrogens with two attached hydrogens (primary N) is 1. The first-order valence-corrected chi connectivity index (χ1v) is 10.7. The largest absolute Gasteiger partial charge is 0.416 e. The number of likely N-dealkylation sites (N-methyl/N-ethyl adjacent to an activating group) is 1. The molecule has 0 bridgehead atoms. The topological polar surface area (TPSA) is 70.3 Å². The Balaban J connectivity index is 1.61. The van der Waals surface area contributed by atoms with E-state index in [1.807, 2.05) is 6.07 Å². The maximum absolute atomic E-state index is 13.2. The quantitative estimate of drug-likeness (QED) is 0.563. The van der Waals surface area contributed by atoms with Gasteiger partial charge in [0, 0.05) is 61.1 Å². The second kappa shape index (κ2) is 8.82. The molecule has 1 saturated heterocycles. The number of benzene rings is 1. The summed E-state index contributed by atoms with van der Waals surface area (Å²) in [6.07, 6.45) is 0.767. The number of nitrogen functional groups attached to an aromatic ring is 1. The van der Waals surface area contributed by atoms with Gasteiger partial charge in [0.05, 0.1) is 17.4 Å². The van der Waals surface area contributed by atoms with E-state index in [1.54, 1.807) is 31.6 Å². The molecule has 3 N–H and O–H groups in total. The smallest absolute Gasteiger partial charge is 0.399 e. The zero-order valence-corrected chi connectivity index (χ0v) is 18.2. The van der Waals surface area contributed by atoms with E-state index in [0.29, 0.717) is 5.56 Å². The van der Waals surface area contributed by atoms with E-state index in [2.05, 4.69) is 32.0 Å². The third kappa shape index (κ3) is 4.72. The maximum atomic E-state index is 13.2. The summed E-state index contributed by atoms with van der Waals surface area (Å²) in [5.74, 6) is 0.887. The van der Waals surface area contributed by atoms with Crippen LogP contribution in [-0.2, 0) is 6.18 Å². The molecular formula is C23H27F3N6. The molecule has 1 aliphatic heterocycles. The average molecular weight is 445 g/mol. The van der Waals surface area contributed by atoms with Crippen molar-refractivity contribution in [3.63, 3.8) is 0 Å². The lowest BCUT2D eigenvalue weighted by Crippen LogP contribution is -2.46. The van der Waals surface area contributed by atoms with Gasteiger partial charge in [0.15, 0.2) is 0 Å². The summed E-state index contributed by atoms with van der Waals surface area (Å²) >= 11 is 0. The van der Waals surface area contributed by atoms with E-state index in [-0.39, 0.29) is 5.69 Å². The van der Waals surface area contributed by atoms with E-state index in [1.165, 1.54) is 0 Å². The molecule has 6 nitrogen and oxygen atoms in total. The van der Waals surface area contributed by atoms with Crippen molar-refractivity contribution in [2.24, 2.45) is 0 Å². The van der Waals surface area contributed by atoms with Crippen LogP contribution in [0.25, 0.3) is 10.8 Å². The zero-order valence-electron chi connectivity index (χ0n) is 18.2. The minimum Gasteiger partial charge on any atom is -0.399 e. The van der Waals surface area contributed by atoms with Crippen LogP contribution in [0, 0.1) is 0 Å². The minimum atomic E-state index is -4.45. The number of rotatable bonds is 5. The van der Waals surface area contributed by atoms with Crippen LogP contribution in [0.2, 0.25) is 0 Å². The Labute approximate surface area is 185 Å². The molecule has 0 spiro atoms. The van der Waals surface area contributed by atoms with Crippen molar-refractivity contribution in [3.05, 3.63) is 54.0 Å². The number of fused-ring (bicyclic) bond motifs is 1. The normalized spacial score (nSPS) is 16.3. The van der Waals surface area contributed by atoms with Gasteiger partial charge in [0.2, 0.25) is 0 Å². The molecule has 0 amide bonds. The van der Waals surface area contributed by atoms with Crippen LogP contribution in [0.1, 0.15) is 31.0 Å². The molecule has 1 aliphatic rings. The number of nitrogens with zero attached hydrogens (tertiary/aromatic N) is 4. The van der Waals surface area contributed by atoms with Gasteiger partial charge in [0.1, 0.15) is 5.82 Å². The Hall–Kier alpha value is -3.07. The highest BCUT2D eigenvalue weighted by Crippen LogP contribution is 2.34. The van der Waals surface area contributed by atoms with Crippen molar-refractivity contribution in [2.45, 2.75) is 26.1 Å². The number of halogens is 3. The van der Waals surface area contributed by atoms with Crippen LogP contribution in [-0.4, -0.2) is 47.6 Å². The van der Waals surface area contributed by atoms with Gasteiger partial charge < -0.3 is 20.9 Å². The summed E-state index contributed by atoms with van der Waals surface area (Å²) in [6, 6.07) is 5.26. The van der Waals surface area contributed by atoms with E-state index in [9.17, 15) is 13.2 Å². The van der Waals surface area contributed by atoms with Gasteiger partial charge in [-0.1, -0.05) is 6.92 Å². The highest BCUT2D eigenvalue weighted by Gasteiger charge is 2.31. The number of pyridine rings is 2. The van der Waals surface area contributed by atoms with Crippen LogP contribution in [0.3, 0.4) is 0 Å². The number of hydrogen-bond acceptors (Lipinski definition) is 6. The van der Waals surface area contributed by atoms with Crippen molar-refractivity contribution in [3.8, 4) is 0 Å². The molecule has 0 aliphatic carbocycles. The molecule has 2 aromatic heterocycles. The van der Waals surface area contributed by atoms with Crippen LogP contribution in [0.5, 0.6) is 0 Å². The Bertz CT molecular complexity index is 1090. The molecule has 0 saturated carbocycles. The fourth-order valence-corrected chi connectivity index (χ4v) is 4.04. The number of alkyl halides is 3. The molecule has 0 radical (unpaired) electrons. The van der Waals surface area contributed by atoms with E-state index < -0.39 is 17.8 Å². The van der Waals surface area contributed by atoms with E-state index >= 15 is 0 Å². The lowest BCUT2D eigenvalue weighted by molar-refractivity contribution is -0.137. The van der Waals surface area contributed by atoms with Gasteiger partial charge in [-0.05, 0) is 43.3 Å². The molecule has 170 valence electrons. The Morgan fingerprint density at radius 1 is 1.06 bits per heavy atom. The van der Waals surface area contributed by atoms with Gasteiger partial charge >= 0.3 is 6.18 Å². The van der Waals surface area contributed by atoms with Gasteiger partial charge in [-0.2, -0.15) is 13.2 Å². The van der Waals surface area contributed by atoms with Crippen LogP contribution in [0.4, 0.5) is 30.4 Å². The Morgan fingerprint density at radius 3 is 2.50 bits per heavy atom. The minimum absolute atomic E-state index is 0.0808. The molecule has 32 heavy (non-hydrogen) atoms. The third-order valence-electron chi connectivity index (χ3n) is 5.95. The van der Waals surface area contributed by atoms with Crippen molar-refractivity contribution in [2.75, 3.05) is 48.7 Å². The number of piperazine rings is 1. The second-order valence-electron chi connectivity index (χ2n) is 8.12. The number of aromatic nitrogens is 2. The SMILES string of the molecule is CCN1CCN(c2cc3c(NC(C)c4cc(N)cc(C(F)(F)F)c4)cncc3cn2)CC1. The first-order valence-electron chi connectivity index (χ1n) is 10.7. The van der Waals surface area contributed by atoms with Crippen LogP contribution in [0.15, 0.2) is 42.9 Å². The summed E-state index contributed by atoms with van der Waals surface area (Å²) in [7, 11) is 0. The predicted octanol–water partition coefficient (Wildman–Crippen LogP) is 4.55. The standard InChI is InChI=1S/C23H27F3N6/c1-3-31-4-6-32(7-5-31)22-11-20-17(13-29-22)12-28-14-21(20)30-15(2)16-8-18(23(24,25)26)10-19(27)9-16/h8-15,30H,3-7,27H2,1-2H3. The lowest BCUT2D eigenvalue weighted by Gasteiger charge is -2.34. The van der Waals surface area contributed by atoms with E-state index in [0.717, 1.165) is 67.1 Å². The summed E-state index contributed by atoms with van der Waals surface area (Å²) in [6.45, 7) is 8.79. The van der Waals surface area contributed by atoms with E-state index in [4.69, 9.17) is 5.73 Å². The fraction of sp³-hybridized carbons (Fsp3) is 0.391. The second-order valence-corrected chi connectivity index (χ2v) is 8.12. The predicted molar refractivity (Wildman–Crippen MR) is 122 cm³/mol. The average Bonchev–Trinajstić information content (AvgIpc) is 2.78. The van der Waals surface area contributed by atoms with Crippen molar-refractivity contribution in [1.29, 1.82) is 0 Å². The van der Waals surface area contributed by atoms with Crippen molar-refractivity contribution < 1.29 is 13.2 Å². The van der Waals surface area contributed by atoms with Crippen LogP contribution >= 0.6 is 0 Å². The summed E-state index contributed by atoms with van der Waals surface area (Å²) in [5.41, 5.74) is 6.26. The Morgan fingerprint density at radius 2 is 1.81 bits per heavy atom. The number of anilines is 3. The fourth-order valence-electron chi connectivity index (χ4n) is 4.04. The first kappa shape index (κ1) is 22.1. The number of nitrogens with one attached hydrogen (secondary N) is 1. The molecule has 3 aromatic rings. The molecule has 1 aromatic carbocycles. The maximum Gasteiger partial charge on any atom is 0.416 e. The molecule has 1 unspecified atom stereocenters. The Kier molecular flexibility index (Phi) is 6.10. The summed E-state index contributed by atoms with van der Waals surface area (Å²) in [4.78, 5) is 13.5. The number of hydrogen-bond donors (Lipinski definition) is 2. The third-order valence-corrected chi connectivity index (χ3v) is 5.95. The molecule has 9 heteroatoms. The zero-order chi connectivity index (χ0) is 22.9. The first-order chi connectivity index (χ1) is 15.2. The summed E-state index contributed by atoms with van der Waals surface area (Å²) in [5, 5.41) is 5.10. The van der Waals surface area contributed by atoms with Gasteiger partial charge in [-0.25, -0.2) is 4.98 Å². The molecule has 3 heterocycles. The van der Waals surface area contributed by atoms with Crippen molar-refractivity contribution in [1.82, 2.24) is 14.9 Å². The van der Waals surface area contributed by atoms with Crippen molar-refractivity contribution >= 4 is 28.0 Å². The van der Waals surface area contributed by atoms with Gasteiger partial charge in [-0.3, -0.25) is 4.98 Å². The highest BCUT2D eigenvalue weighted by atomic mass is 19.4. The van der Waals surface area contributed by atoms with Gasteiger partial charge in [-0.15, -0.1) is 0 Å². The highest BCUT2D eigenvalue weighted by molar-refractivity contribution is 5.94. The van der Waals surface area contributed by atoms with Gasteiger partial charge in [0.25, 0.3) is 0 Å². The molecule has 4 rings (SSSR count). The monoisotopic (exact) mass is 444 g/mol. The lowest BCUT2D eigenvalue weighted by atomic mass is 10.0. The van der Waals surface area contributed by atoms with Crippen LogP contribution < -0.4 is 16.0 Å². The molecule has 1 fully saturated rings. The summed E-state index contributed by atoms with van der Waals surface area (Å²) < 4.78 is 39.6. The molecule has 1 atom stereocenters.